The number of benzene rings is 2. The molecular weight excluding hydrogens is 422 g/mol. The second-order valence-electron chi connectivity index (χ2n) is 6.99. The van der Waals surface area contributed by atoms with Crippen LogP contribution < -0.4 is 14.8 Å². The minimum absolute atomic E-state index is 0.222. The Labute approximate surface area is 182 Å². The van der Waals surface area contributed by atoms with Gasteiger partial charge in [0.25, 0.3) is 5.91 Å². The van der Waals surface area contributed by atoms with Gasteiger partial charge < -0.3 is 14.8 Å². The van der Waals surface area contributed by atoms with Gasteiger partial charge in [-0.1, -0.05) is 41.9 Å². The van der Waals surface area contributed by atoms with Gasteiger partial charge >= 0.3 is 0 Å². The van der Waals surface area contributed by atoms with Crippen molar-refractivity contribution in [3.8, 4) is 11.5 Å². The molecule has 1 aliphatic heterocycles. The topological polar surface area (TPSA) is 65.4 Å². The molecule has 1 aliphatic rings. The first-order chi connectivity index (χ1) is 14.6. The summed E-state index contributed by atoms with van der Waals surface area (Å²) >= 11 is 7.75. The number of carbonyl (C=O) groups excluding carboxylic acids is 1. The lowest BCUT2D eigenvalue weighted by Gasteiger charge is -2.19. The number of anilines is 1. The van der Waals surface area contributed by atoms with Gasteiger partial charge in [-0.15, -0.1) is 11.3 Å². The van der Waals surface area contributed by atoms with Gasteiger partial charge in [-0.25, -0.2) is 0 Å². The molecule has 2 aromatic heterocycles. The maximum Gasteiger partial charge on any atom is 0.265 e. The molecule has 5 rings (SSSR count). The minimum atomic E-state index is -0.222. The normalized spacial score (nSPS) is 12.9. The molecule has 0 aliphatic carbocycles. The van der Waals surface area contributed by atoms with Crippen LogP contribution in [0.4, 0.5) is 5.69 Å². The van der Waals surface area contributed by atoms with Gasteiger partial charge in [0, 0.05) is 17.5 Å². The number of carbonyl (C=O) groups is 1. The number of thiophene rings is 1. The summed E-state index contributed by atoms with van der Waals surface area (Å²) in [7, 11) is 0. The first kappa shape index (κ1) is 19.0. The van der Waals surface area contributed by atoms with Gasteiger partial charge in [-0.3, -0.25) is 9.48 Å². The summed E-state index contributed by atoms with van der Waals surface area (Å²) in [6, 6.07) is 15.4. The van der Waals surface area contributed by atoms with Crippen LogP contribution in [0.25, 0.3) is 10.2 Å². The monoisotopic (exact) mass is 439 g/mol. The molecule has 0 fully saturated rings. The molecule has 0 saturated carbocycles. The van der Waals surface area contributed by atoms with Crippen molar-refractivity contribution in [2.45, 2.75) is 13.5 Å². The molecule has 30 heavy (non-hydrogen) atoms. The van der Waals surface area contributed by atoms with Gasteiger partial charge in [0.2, 0.25) is 0 Å². The van der Waals surface area contributed by atoms with Gasteiger partial charge in [-0.2, -0.15) is 5.10 Å². The summed E-state index contributed by atoms with van der Waals surface area (Å²) in [6.07, 6.45) is 0. The lowest BCUT2D eigenvalue weighted by molar-refractivity contribution is 0.103. The first-order valence-electron chi connectivity index (χ1n) is 9.50. The van der Waals surface area contributed by atoms with Gasteiger partial charge in [0.1, 0.15) is 18.0 Å². The molecule has 1 N–H and O–H groups in total. The Hall–Kier alpha value is -3.03. The van der Waals surface area contributed by atoms with Crippen LogP contribution in [0.2, 0.25) is 5.02 Å². The number of fused-ring (bicyclic) bond motifs is 2. The summed E-state index contributed by atoms with van der Waals surface area (Å²) in [5.74, 6) is 0.940. The molecular formula is C22H18ClN3O3S. The molecule has 0 unspecified atom stereocenters. The van der Waals surface area contributed by atoms with E-state index in [4.69, 9.17) is 21.1 Å². The molecule has 0 saturated heterocycles. The van der Waals surface area contributed by atoms with Crippen LogP contribution >= 0.6 is 22.9 Å². The minimum Gasteiger partial charge on any atom is -0.486 e. The van der Waals surface area contributed by atoms with E-state index < -0.39 is 0 Å². The Morgan fingerprint density at radius 2 is 1.90 bits per heavy atom. The summed E-state index contributed by atoms with van der Waals surface area (Å²) < 4.78 is 13.1. The van der Waals surface area contributed by atoms with Gasteiger partial charge in [0.05, 0.1) is 27.8 Å². The smallest absolute Gasteiger partial charge is 0.265 e. The molecule has 6 nitrogen and oxygen atoms in total. The second-order valence-corrected chi connectivity index (χ2v) is 8.43. The number of hydrogen-bond donors (Lipinski definition) is 1. The number of nitrogens with zero attached hydrogens (tertiary/aromatic N) is 2. The third kappa shape index (κ3) is 3.51. The van der Waals surface area contributed by atoms with E-state index in [1.807, 2.05) is 35.9 Å². The molecule has 1 amide bonds. The van der Waals surface area contributed by atoms with E-state index in [-0.39, 0.29) is 5.91 Å². The average molecular weight is 440 g/mol. The number of amides is 1. The number of rotatable bonds is 4. The van der Waals surface area contributed by atoms with Crippen LogP contribution in [0.3, 0.4) is 0 Å². The maximum atomic E-state index is 12.9. The van der Waals surface area contributed by atoms with Crippen molar-refractivity contribution in [3.05, 3.63) is 69.7 Å². The van der Waals surface area contributed by atoms with Crippen LogP contribution in [0.5, 0.6) is 11.5 Å². The number of hydrogen-bond acceptors (Lipinski definition) is 5. The summed E-state index contributed by atoms with van der Waals surface area (Å²) in [6.45, 7) is 3.56. The van der Waals surface area contributed by atoms with E-state index >= 15 is 0 Å². The molecule has 2 aromatic carbocycles. The Balaban J connectivity index is 1.42. The maximum absolute atomic E-state index is 12.9. The summed E-state index contributed by atoms with van der Waals surface area (Å²) in [5, 5.41) is 8.91. The lowest BCUT2D eigenvalue weighted by atomic mass is 10.2. The van der Waals surface area contributed by atoms with E-state index in [2.05, 4.69) is 22.5 Å². The predicted molar refractivity (Wildman–Crippen MR) is 118 cm³/mol. The predicted octanol–water partition coefficient (Wildman–Crippen LogP) is 5.13. The molecule has 152 valence electrons. The van der Waals surface area contributed by atoms with E-state index in [0.29, 0.717) is 46.8 Å². The third-order valence-electron chi connectivity index (χ3n) is 4.89. The standard InChI is InChI=1S/C22H18ClN3O3S/c1-13-15-9-20(30-22(15)26(25-13)12-14-5-3-2-4-6-14)21(27)24-17-11-19-18(10-16(17)23)28-7-8-29-19/h2-6,9-11H,7-8,12H2,1H3,(H,24,27). The van der Waals surface area contributed by atoms with E-state index in [0.717, 1.165) is 21.5 Å². The zero-order valence-corrected chi connectivity index (χ0v) is 17.7. The number of halogens is 1. The zero-order chi connectivity index (χ0) is 20.7. The molecule has 8 heteroatoms. The van der Waals surface area contributed by atoms with Crippen LogP contribution in [0, 0.1) is 6.92 Å². The summed E-state index contributed by atoms with van der Waals surface area (Å²) in [5.41, 5.74) is 2.55. The lowest BCUT2D eigenvalue weighted by Crippen LogP contribution is -2.16. The molecule has 0 spiro atoms. The van der Waals surface area contributed by atoms with Crippen LogP contribution in [-0.4, -0.2) is 28.9 Å². The highest BCUT2D eigenvalue weighted by molar-refractivity contribution is 7.20. The Morgan fingerprint density at radius 1 is 1.17 bits per heavy atom. The van der Waals surface area contributed by atoms with Crippen LogP contribution in [-0.2, 0) is 6.54 Å². The van der Waals surface area contributed by atoms with Crippen molar-refractivity contribution in [1.29, 1.82) is 0 Å². The number of aromatic nitrogens is 2. The fraction of sp³-hybridized carbons (Fsp3) is 0.182. The highest BCUT2D eigenvalue weighted by Crippen LogP contribution is 2.38. The molecule has 0 radical (unpaired) electrons. The van der Waals surface area contributed by atoms with Gasteiger partial charge in [0.15, 0.2) is 11.5 Å². The highest BCUT2D eigenvalue weighted by atomic mass is 35.5. The fourth-order valence-corrected chi connectivity index (χ4v) is 4.69. The van der Waals surface area contributed by atoms with E-state index in [9.17, 15) is 4.79 Å². The van der Waals surface area contributed by atoms with Crippen molar-refractivity contribution in [1.82, 2.24) is 9.78 Å². The molecule has 3 heterocycles. The Bertz CT molecular complexity index is 1250. The number of ether oxygens (including phenoxy) is 2. The SMILES string of the molecule is Cc1nn(Cc2ccccc2)c2sc(C(=O)Nc3cc4c(cc3Cl)OCCO4)cc12. The molecule has 0 bridgehead atoms. The van der Waals surface area contributed by atoms with Crippen molar-refractivity contribution in [2.75, 3.05) is 18.5 Å². The van der Waals surface area contributed by atoms with Crippen LogP contribution in [0.1, 0.15) is 20.9 Å². The third-order valence-corrected chi connectivity index (χ3v) is 6.35. The number of aryl methyl sites for hydroxylation is 1. The van der Waals surface area contributed by atoms with Gasteiger partial charge in [-0.05, 0) is 18.6 Å². The quantitative estimate of drug-likeness (QED) is 0.478. The summed E-state index contributed by atoms with van der Waals surface area (Å²) in [4.78, 5) is 14.5. The highest BCUT2D eigenvalue weighted by Gasteiger charge is 2.20. The number of nitrogens with one attached hydrogen (secondary N) is 1. The van der Waals surface area contributed by atoms with E-state index in [1.54, 1.807) is 12.1 Å². The zero-order valence-electron chi connectivity index (χ0n) is 16.1. The van der Waals surface area contributed by atoms with Crippen LogP contribution in [0.15, 0.2) is 48.5 Å². The average Bonchev–Trinajstić information content (AvgIpc) is 3.31. The van der Waals surface area contributed by atoms with Crippen molar-refractivity contribution in [3.63, 3.8) is 0 Å². The molecule has 4 aromatic rings. The van der Waals surface area contributed by atoms with Crippen molar-refractivity contribution in [2.24, 2.45) is 0 Å². The second kappa shape index (κ2) is 7.66. The first-order valence-corrected chi connectivity index (χ1v) is 10.7. The van der Waals surface area contributed by atoms with Crippen molar-refractivity contribution < 1.29 is 14.3 Å². The van der Waals surface area contributed by atoms with E-state index in [1.165, 1.54) is 11.3 Å². The Morgan fingerprint density at radius 3 is 2.67 bits per heavy atom. The van der Waals surface area contributed by atoms with Crippen molar-refractivity contribution >= 4 is 44.7 Å². The Kier molecular flexibility index (Phi) is 4.84. The fourth-order valence-electron chi connectivity index (χ4n) is 3.43. The molecule has 0 atom stereocenters. The largest absolute Gasteiger partial charge is 0.486 e.